The Morgan fingerprint density at radius 3 is 2.65 bits per heavy atom. The van der Waals surface area contributed by atoms with E-state index in [0.717, 1.165) is 52.4 Å². The molecule has 1 atom stereocenters. The molecular formula is C17H26N4O2. The topological polar surface area (TPSA) is 48.9 Å². The number of carbonyl (C=O) groups is 1. The van der Waals surface area contributed by atoms with Crippen molar-refractivity contribution < 1.29 is 9.53 Å². The van der Waals surface area contributed by atoms with Gasteiger partial charge in [0.25, 0.3) is 0 Å². The third kappa shape index (κ3) is 4.07. The van der Waals surface area contributed by atoms with Crippen LogP contribution in [0.25, 0.3) is 0 Å². The SMILES string of the molecule is CCN1CCOCC1C(=O)N1CCN(Cc2ccncc2)CC1. The Labute approximate surface area is 138 Å². The smallest absolute Gasteiger partial charge is 0.242 e. The summed E-state index contributed by atoms with van der Waals surface area (Å²) in [7, 11) is 0. The standard InChI is InChI=1S/C17H26N4O2/c1-2-20-11-12-23-14-16(20)17(22)21-9-7-19(8-10-21)13-15-3-5-18-6-4-15/h3-6,16H,2,7-14H2,1H3. The van der Waals surface area contributed by atoms with E-state index >= 15 is 0 Å². The number of hydrogen-bond donors (Lipinski definition) is 0. The van der Waals surface area contributed by atoms with Crippen molar-refractivity contribution >= 4 is 5.91 Å². The van der Waals surface area contributed by atoms with E-state index in [1.807, 2.05) is 17.3 Å². The molecule has 0 saturated carbocycles. The van der Waals surface area contributed by atoms with Crippen molar-refractivity contribution in [2.24, 2.45) is 0 Å². The van der Waals surface area contributed by atoms with E-state index in [1.165, 1.54) is 5.56 Å². The largest absolute Gasteiger partial charge is 0.378 e. The first-order valence-corrected chi connectivity index (χ1v) is 8.49. The molecule has 6 nitrogen and oxygen atoms in total. The van der Waals surface area contributed by atoms with Gasteiger partial charge in [0.1, 0.15) is 6.04 Å². The highest BCUT2D eigenvalue weighted by molar-refractivity contribution is 5.82. The Kier molecular flexibility index (Phi) is 5.59. The van der Waals surface area contributed by atoms with Crippen molar-refractivity contribution in [1.82, 2.24) is 19.7 Å². The Morgan fingerprint density at radius 2 is 1.96 bits per heavy atom. The second-order valence-corrected chi connectivity index (χ2v) is 6.18. The molecule has 2 saturated heterocycles. The van der Waals surface area contributed by atoms with Gasteiger partial charge in [-0.25, -0.2) is 0 Å². The van der Waals surface area contributed by atoms with Gasteiger partial charge in [-0.15, -0.1) is 0 Å². The molecule has 2 aliphatic rings. The van der Waals surface area contributed by atoms with Crippen molar-refractivity contribution in [3.8, 4) is 0 Å². The average Bonchev–Trinajstić information content (AvgIpc) is 2.62. The molecule has 126 valence electrons. The monoisotopic (exact) mass is 318 g/mol. The maximum Gasteiger partial charge on any atom is 0.242 e. The molecule has 1 aromatic rings. The minimum atomic E-state index is -0.0968. The minimum absolute atomic E-state index is 0.0968. The van der Waals surface area contributed by atoms with Gasteiger partial charge in [0.15, 0.2) is 0 Å². The second-order valence-electron chi connectivity index (χ2n) is 6.18. The number of nitrogens with zero attached hydrogens (tertiary/aromatic N) is 4. The molecule has 0 N–H and O–H groups in total. The highest BCUT2D eigenvalue weighted by Gasteiger charge is 2.33. The van der Waals surface area contributed by atoms with E-state index in [9.17, 15) is 4.79 Å². The molecule has 0 bridgehead atoms. The first-order chi connectivity index (χ1) is 11.3. The van der Waals surface area contributed by atoms with Gasteiger partial charge >= 0.3 is 0 Å². The highest BCUT2D eigenvalue weighted by Crippen LogP contribution is 2.13. The summed E-state index contributed by atoms with van der Waals surface area (Å²) in [6.07, 6.45) is 3.66. The molecule has 2 fully saturated rings. The predicted molar refractivity (Wildman–Crippen MR) is 87.9 cm³/mol. The van der Waals surface area contributed by atoms with Gasteiger partial charge in [0, 0.05) is 51.7 Å². The summed E-state index contributed by atoms with van der Waals surface area (Å²) >= 11 is 0. The lowest BCUT2D eigenvalue weighted by Gasteiger charge is -2.40. The van der Waals surface area contributed by atoms with Crippen LogP contribution in [0.15, 0.2) is 24.5 Å². The lowest BCUT2D eigenvalue weighted by atomic mass is 10.1. The number of aromatic nitrogens is 1. The molecule has 1 aromatic heterocycles. The van der Waals surface area contributed by atoms with Crippen molar-refractivity contribution in [2.45, 2.75) is 19.5 Å². The van der Waals surface area contributed by atoms with Crippen LogP contribution < -0.4 is 0 Å². The van der Waals surface area contributed by atoms with Crippen molar-refractivity contribution in [2.75, 3.05) is 52.5 Å². The van der Waals surface area contributed by atoms with Crippen LogP contribution in [0.3, 0.4) is 0 Å². The van der Waals surface area contributed by atoms with Crippen LogP contribution in [0, 0.1) is 0 Å². The zero-order chi connectivity index (χ0) is 16.1. The fraction of sp³-hybridized carbons (Fsp3) is 0.647. The molecule has 0 spiro atoms. The summed E-state index contributed by atoms with van der Waals surface area (Å²) < 4.78 is 5.52. The van der Waals surface area contributed by atoms with Gasteiger partial charge in [-0.3, -0.25) is 19.6 Å². The van der Waals surface area contributed by atoms with Gasteiger partial charge in [0.05, 0.1) is 13.2 Å². The molecule has 3 heterocycles. The van der Waals surface area contributed by atoms with Gasteiger partial charge < -0.3 is 9.64 Å². The summed E-state index contributed by atoms with van der Waals surface area (Å²) in [5.41, 5.74) is 1.28. The third-order valence-corrected chi connectivity index (χ3v) is 4.77. The lowest BCUT2D eigenvalue weighted by Crippen LogP contribution is -2.58. The molecule has 2 aliphatic heterocycles. The molecule has 0 radical (unpaired) electrons. The van der Waals surface area contributed by atoms with Crippen LogP contribution >= 0.6 is 0 Å². The van der Waals surface area contributed by atoms with E-state index in [2.05, 4.69) is 33.8 Å². The quantitative estimate of drug-likeness (QED) is 0.807. The van der Waals surface area contributed by atoms with Crippen molar-refractivity contribution in [1.29, 1.82) is 0 Å². The van der Waals surface area contributed by atoms with Crippen LogP contribution in [0.2, 0.25) is 0 Å². The Morgan fingerprint density at radius 1 is 1.22 bits per heavy atom. The first kappa shape index (κ1) is 16.4. The molecule has 6 heteroatoms. The van der Waals surface area contributed by atoms with Crippen molar-refractivity contribution in [3.05, 3.63) is 30.1 Å². The number of ether oxygens (including phenoxy) is 1. The zero-order valence-corrected chi connectivity index (χ0v) is 13.9. The van der Waals surface area contributed by atoms with E-state index in [0.29, 0.717) is 6.61 Å². The van der Waals surface area contributed by atoms with Crippen LogP contribution in [0.4, 0.5) is 0 Å². The Balaban J connectivity index is 1.51. The number of hydrogen-bond acceptors (Lipinski definition) is 5. The van der Waals surface area contributed by atoms with Gasteiger partial charge in [-0.1, -0.05) is 6.92 Å². The van der Waals surface area contributed by atoms with Crippen LogP contribution in [0.5, 0.6) is 0 Å². The van der Waals surface area contributed by atoms with E-state index in [4.69, 9.17) is 4.74 Å². The molecular weight excluding hydrogens is 292 g/mol. The Bertz CT molecular complexity index is 503. The minimum Gasteiger partial charge on any atom is -0.378 e. The summed E-state index contributed by atoms with van der Waals surface area (Å²) in [6.45, 7) is 9.52. The fourth-order valence-corrected chi connectivity index (χ4v) is 3.33. The first-order valence-electron chi connectivity index (χ1n) is 8.49. The van der Waals surface area contributed by atoms with Crippen LogP contribution in [-0.2, 0) is 16.1 Å². The maximum atomic E-state index is 12.8. The maximum absolute atomic E-state index is 12.8. The number of piperazine rings is 1. The van der Waals surface area contributed by atoms with E-state index < -0.39 is 0 Å². The number of likely N-dealkylation sites (N-methyl/N-ethyl adjacent to an activating group) is 1. The number of amides is 1. The highest BCUT2D eigenvalue weighted by atomic mass is 16.5. The van der Waals surface area contributed by atoms with Gasteiger partial charge in [0.2, 0.25) is 5.91 Å². The molecule has 1 unspecified atom stereocenters. The van der Waals surface area contributed by atoms with E-state index in [1.54, 1.807) is 0 Å². The number of carbonyl (C=O) groups excluding carboxylic acids is 1. The summed E-state index contributed by atoms with van der Waals surface area (Å²) in [5.74, 6) is 0.232. The summed E-state index contributed by atoms with van der Waals surface area (Å²) in [4.78, 5) is 23.5. The van der Waals surface area contributed by atoms with Crippen LogP contribution in [-0.4, -0.2) is 84.1 Å². The number of morpholine rings is 1. The molecule has 0 aliphatic carbocycles. The lowest BCUT2D eigenvalue weighted by molar-refractivity contribution is -0.144. The zero-order valence-electron chi connectivity index (χ0n) is 13.9. The van der Waals surface area contributed by atoms with Crippen LogP contribution in [0.1, 0.15) is 12.5 Å². The normalized spacial score (nSPS) is 23.9. The molecule has 23 heavy (non-hydrogen) atoms. The third-order valence-electron chi connectivity index (χ3n) is 4.77. The molecule has 0 aromatic carbocycles. The molecule has 3 rings (SSSR count). The fourth-order valence-electron chi connectivity index (χ4n) is 3.33. The predicted octanol–water partition coefficient (Wildman–Crippen LogP) is 0.447. The number of rotatable bonds is 4. The van der Waals surface area contributed by atoms with Crippen molar-refractivity contribution in [3.63, 3.8) is 0 Å². The summed E-state index contributed by atoms with van der Waals surface area (Å²) in [6, 6.07) is 4.01. The Hall–Kier alpha value is -1.50. The van der Waals surface area contributed by atoms with Gasteiger partial charge in [-0.05, 0) is 24.2 Å². The molecule has 1 amide bonds. The van der Waals surface area contributed by atoms with Gasteiger partial charge in [-0.2, -0.15) is 0 Å². The second kappa shape index (κ2) is 7.86. The summed E-state index contributed by atoms with van der Waals surface area (Å²) in [5, 5.41) is 0. The number of pyridine rings is 1. The van der Waals surface area contributed by atoms with E-state index in [-0.39, 0.29) is 11.9 Å². The average molecular weight is 318 g/mol.